The number of fused-ring (bicyclic) bond motifs is 1. The maximum absolute atomic E-state index is 13.6. The number of phenols is 1. The number of hydrogen-bond donors (Lipinski definition) is 8. The molecule has 0 radical (unpaired) electrons. The smallest absolute Gasteiger partial charge is 0.243 e. The van der Waals surface area contributed by atoms with Crippen LogP contribution in [0.4, 0.5) is 0 Å². The molecule has 0 unspecified atom stereocenters. The van der Waals surface area contributed by atoms with E-state index in [-0.39, 0.29) is 25.0 Å². The molecule has 0 aliphatic rings. The molecule has 0 saturated carbocycles. The van der Waals surface area contributed by atoms with Gasteiger partial charge in [-0.2, -0.15) is 11.8 Å². The normalized spacial score (nSPS) is 13.4. The molecule has 1 aromatic heterocycles. The summed E-state index contributed by atoms with van der Waals surface area (Å²) in [7, 11) is 0. The third kappa shape index (κ3) is 11.1. The van der Waals surface area contributed by atoms with Crippen LogP contribution in [-0.2, 0) is 43.2 Å². The van der Waals surface area contributed by atoms with Gasteiger partial charge in [0.1, 0.15) is 23.9 Å². The van der Waals surface area contributed by atoms with Crippen LogP contribution < -0.4 is 32.7 Å². The van der Waals surface area contributed by atoms with Crippen molar-refractivity contribution in [2.45, 2.75) is 49.9 Å². The van der Waals surface area contributed by atoms with Gasteiger partial charge < -0.3 is 42.8 Å². The number of hydrogen-bond acceptors (Lipinski definition) is 8. The maximum atomic E-state index is 13.6. The first-order valence-corrected chi connectivity index (χ1v) is 17.5. The van der Waals surface area contributed by atoms with E-state index in [1.807, 2.05) is 36.6 Å². The Morgan fingerprint density at radius 1 is 0.760 bits per heavy atom. The van der Waals surface area contributed by atoms with E-state index in [1.54, 1.807) is 42.6 Å². The Hall–Kier alpha value is -5.34. The van der Waals surface area contributed by atoms with Crippen LogP contribution in [0.5, 0.6) is 5.75 Å². The molecule has 0 bridgehead atoms. The van der Waals surface area contributed by atoms with E-state index in [1.165, 1.54) is 23.9 Å². The lowest BCUT2D eigenvalue weighted by Gasteiger charge is -2.23. The molecule has 3 aromatic carbocycles. The first-order chi connectivity index (χ1) is 24.0. The summed E-state index contributed by atoms with van der Waals surface area (Å²) >= 11 is 1.50. The van der Waals surface area contributed by atoms with Gasteiger partial charge in [-0.05, 0) is 59.7 Å². The van der Waals surface area contributed by atoms with E-state index in [0.717, 1.165) is 27.6 Å². The van der Waals surface area contributed by atoms with Crippen molar-refractivity contribution in [1.29, 1.82) is 0 Å². The van der Waals surface area contributed by atoms with Crippen molar-refractivity contribution < 1.29 is 29.1 Å². The Bertz CT molecular complexity index is 1770. The van der Waals surface area contributed by atoms with E-state index in [9.17, 15) is 29.1 Å². The summed E-state index contributed by atoms with van der Waals surface area (Å²) in [6.07, 6.45) is 4.33. The predicted molar refractivity (Wildman–Crippen MR) is 193 cm³/mol. The van der Waals surface area contributed by atoms with Gasteiger partial charge in [-0.25, -0.2) is 0 Å². The number of nitrogens with one attached hydrogen (secondary N) is 5. The van der Waals surface area contributed by atoms with Gasteiger partial charge in [-0.3, -0.25) is 24.0 Å². The minimum absolute atomic E-state index is 0.0827. The summed E-state index contributed by atoms with van der Waals surface area (Å²) in [6.45, 7) is -0.497. The van der Waals surface area contributed by atoms with Crippen LogP contribution in [0.1, 0.15) is 23.1 Å². The highest BCUT2D eigenvalue weighted by molar-refractivity contribution is 7.98. The number of carbonyl (C=O) groups is 5. The number of aromatic hydroxyl groups is 1. The minimum Gasteiger partial charge on any atom is -0.508 e. The molecule has 0 aliphatic heterocycles. The van der Waals surface area contributed by atoms with Gasteiger partial charge in [-0.1, -0.05) is 60.7 Å². The van der Waals surface area contributed by atoms with Crippen LogP contribution in [0.25, 0.3) is 10.9 Å². The zero-order valence-corrected chi connectivity index (χ0v) is 28.5. The highest BCUT2D eigenvalue weighted by Crippen LogP contribution is 2.19. The molecule has 0 aliphatic carbocycles. The molecular weight excluding hydrogens is 659 g/mol. The molecule has 4 aromatic rings. The molecular formula is C36H43N7O6S. The van der Waals surface area contributed by atoms with Crippen LogP contribution in [0.2, 0.25) is 0 Å². The Morgan fingerprint density at radius 3 is 2.10 bits per heavy atom. The molecule has 1 heterocycles. The Balaban J connectivity index is 1.45. The maximum Gasteiger partial charge on any atom is 0.243 e. The summed E-state index contributed by atoms with van der Waals surface area (Å²) in [5.74, 6) is -2.47. The average molecular weight is 702 g/mol. The Kier molecular flexibility index (Phi) is 13.8. The highest BCUT2D eigenvalue weighted by atomic mass is 32.2. The van der Waals surface area contributed by atoms with E-state index >= 15 is 0 Å². The number of carbonyl (C=O) groups excluding carboxylic acids is 5. The third-order valence-corrected chi connectivity index (χ3v) is 8.73. The Morgan fingerprint density at radius 2 is 1.40 bits per heavy atom. The van der Waals surface area contributed by atoms with Gasteiger partial charge >= 0.3 is 0 Å². The number of primary amides is 1. The zero-order valence-electron chi connectivity index (χ0n) is 27.7. The van der Waals surface area contributed by atoms with Crippen LogP contribution in [0.3, 0.4) is 0 Å². The fourth-order valence-corrected chi connectivity index (χ4v) is 5.85. The lowest BCUT2D eigenvalue weighted by molar-refractivity contribution is -0.132. The molecule has 4 atom stereocenters. The van der Waals surface area contributed by atoms with Crippen LogP contribution in [0.15, 0.2) is 85.1 Å². The SMILES string of the molecule is CSCC[C@@H](NC(=O)[C@H](Cc1ccccc1)NC(=O)CNC(=O)[C@H](Cc1c[nH]c2ccccc12)NC(=O)[C@@H](N)Cc1ccc(O)cc1)C(N)=O. The molecule has 0 saturated heterocycles. The first-order valence-electron chi connectivity index (χ1n) is 16.1. The van der Waals surface area contributed by atoms with Gasteiger partial charge in [0, 0.05) is 29.9 Å². The fraction of sp³-hybridized carbons (Fsp3) is 0.306. The second-order valence-corrected chi connectivity index (χ2v) is 12.9. The first kappa shape index (κ1) is 37.5. The van der Waals surface area contributed by atoms with E-state index < -0.39 is 60.2 Å². The highest BCUT2D eigenvalue weighted by Gasteiger charge is 2.28. The van der Waals surface area contributed by atoms with Crippen molar-refractivity contribution >= 4 is 52.2 Å². The second-order valence-electron chi connectivity index (χ2n) is 11.9. The van der Waals surface area contributed by atoms with E-state index in [2.05, 4.69) is 26.3 Å². The molecule has 0 spiro atoms. The predicted octanol–water partition coefficient (Wildman–Crippen LogP) is 1.04. The fourth-order valence-electron chi connectivity index (χ4n) is 5.38. The van der Waals surface area contributed by atoms with Crippen LogP contribution >= 0.6 is 11.8 Å². The number of benzene rings is 3. The summed E-state index contributed by atoms with van der Waals surface area (Å²) in [5, 5.41) is 21.1. The summed E-state index contributed by atoms with van der Waals surface area (Å²) < 4.78 is 0. The van der Waals surface area contributed by atoms with Crippen LogP contribution in [0, 0.1) is 0 Å². The zero-order chi connectivity index (χ0) is 36.0. The van der Waals surface area contributed by atoms with E-state index in [0.29, 0.717) is 12.2 Å². The number of aromatic nitrogens is 1. The second kappa shape index (κ2) is 18.4. The summed E-state index contributed by atoms with van der Waals surface area (Å²) in [6, 6.07) is 18.8. The van der Waals surface area contributed by atoms with Gasteiger partial charge in [0.05, 0.1) is 12.6 Å². The minimum atomic E-state index is -1.10. The van der Waals surface area contributed by atoms with Crippen molar-refractivity contribution in [3.8, 4) is 5.75 Å². The van der Waals surface area contributed by atoms with Crippen molar-refractivity contribution in [2.75, 3.05) is 18.6 Å². The standard InChI is InChI=1S/C36H43N7O6S/c1-50-16-15-29(33(38)46)42-36(49)30(18-22-7-3-2-4-8-22)41-32(45)21-40-35(48)31(19-24-20-39-28-10-6-5-9-26(24)28)43-34(47)27(37)17-23-11-13-25(44)14-12-23/h2-14,20,27,29-31,39,44H,15-19,21,37H2,1H3,(H2,38,46)(H,40,48)(H,41,45)(H,42,49)(H,43,47)/t27-,29+,30-,31-/m0/s1. The molecule has 264 valence electrons. The molecule has 14 heteroatoms. The number of phenolic OH excluding ortho intramolecular Hbond substituents is 1. The van der Waals surface area contributed by atoms with Crippen molar-refractivity contribution in [1.82, 2.24) is 26.3 Å². The number of rotatable bonds is 18. The quantitative estimate of drug-likeness (QED) is 0.0747. The molecule has 5 amide bonds. The molecule has 50 heavy (non-hydrogen) atoms. The lowest BCUT2D eigenvalue weighted by Crippen LogP contribution is -2.56. The number of H-pyrrole nitrogens is 1. The number of thioether (sulfide) groups is 1. The topological polar surface area (TPSA) is 222 Å². The summed E-state index contributed by atoms with van der Waals surface area (Å²) in [5.41, 5.74) is 14.8. The molecule has 13 nitrogen and oxygen atoms in total. The number of amides is 5. The van der Waals surface area contributed by atoms with Crippen molar-refractivity contribution in [3.63, 3.8) is 0 Å². The monoisotopic (exact) mass is 701 g/mol. The van der Waals surface area contributed by atoms with Gasteiger partial charge in [0.15, 0.2) is 0 Å². The van der Waals surface area contributed by atoms with Crippen molar-refractivity contribution in [2.24, 2.45) is 11.5 Å². The molecule has 0 fully saturated rings. The summed E-state index contributed by atoms with van der Waals surface area (Å²) in [4.78, 5) is 68.5. The van der Waals surface area contributed by atoms with Gasteiger partial charge in [0.2, 0.25) is 29.5 Å². The lowest BCUT2D eigenvalue weighted by atomic mass is 10.0. The largest absolute Gasteiger partial charge is 0.508 e. The number of aromatic amines is 1. The molecule has 10 N–H and O–H groups in total. The van der Waals surface area contributed by atoms with E-state index in [4.69, 9.17) is 11.5 Å². The number of nitrogens with two attached hydrogens (primary N) is 2. The molecule has 4 rings (SSSR count). The average Bonchev–Trinajstić information content (AvgIpc) is 3.52. The Labute approximate surface area is 294 Å². The van der Waals surface area contributed by atoms with Gasteiger partial charge in [0.25, 0.3) is 0 Å². The van der Waals surface area contributed by atoms with Crippen molar-refractivity contribution in [3.05, 3.63) is 102 Å². The van der Waals surface area contributed by atoms with Gasteiger partial charge in [-0.15, -0.1) is 0 Å². The number of para-hydroxylation sites is 1. The third-order valence-electron chi connectivity index (χ3n) is 8.09. The van der Waals surface area contributed by atoms with Crippen LogP contribution in [-0.4, -0.2) is 82.3 Å².